The molecule has 6 rings (SSSR count). The third-order valence-corrected chi connectivity index (χ3v) is 11.4. The summed E-state index contributed by atoms with van der Waals surface area (Å²) in [4.78, 5) is 41.4. The zero-order valence-electron chi connectivity index (χ0n) is 37.3. The van der Waals surface area contributed by atoms with Crippen LogP contribution in [0.15, 0.2) is 121 Å². The van der Waals surface area contributed by atoms with Gasteiger partial charge in [-0.25, -0.2) is 18.9 Å². The number of hydrogen-bond acceptors (Lipinski definition) is 8. The van der Waals surface area contributed by atoms with E-state index >= 15 is 0 Å². The first-order chi connectivity index (χ1) is 29.8. The molecule has 0 unspecified atom stereocenters. The number of aromatic carboxylic acids is 2. The van der Waals surface area contributed by atoms with Crippen LogP contribution >= 0.6 is 7.82 Å². The Morgan fingerprint density at radius 3 is 1.54 bits per heavy atom. The number of phosphoric acid groups is 1. The van der Waals surface area contributed by atoms with Crippen LogP contribution in [0.2, 0.25) is 0 Å². The van der Waals surface area contributed by atoms with Gasteiger partial charge in [0, 0.05) is 0 Å². The molecule has 0 heterocycles. The number of hydrogen-bond donors (Lipinski definition) is 2. The number of rotatable bonds is 14. The van der Waals surface area contributed by atoms with Crippen molar-refractivity contribution in [3.8, 4) is 33.8 Å². The van der Waals surface area contributed by atoms with Crippen LogP contribution < -0.4 is 9.05 Å². The van der Waals surface area contributed by atoms with Crippen LogP contribution in [0.5, 0.6) is 11.5 Å². The molecule has 0 aliphatic heterocycles. The molecule has 0 saturated carbocycles. The summed E-state index contributed by atoms with van der Waals surface area (Å²) in [5, 5.41) is 19.7. The normalized spacial score (nSPS) is 11.3. The largest absolute Gasteiger partial charge is 0.625 e. The van der Waals surface area contributed by atoms with Crippen molar-refractivity contribution >= 4 is 25.7 Å². The molecular formula is C52H55O10P. The molecule has 0 spiro atoms. The van der Waals surface area contributed by atoms with E-state index in [-0.39, 0.29) is 33.6 Å². The number of carbonyl (C=O) groups is 3. The van der Waals surface area contributed by atoms with Crippen LogP contribution in [0.4, 0.5) is 0 Å². The summed E-state index contributed by atoms with van der Waals surface area (Å²) in [6.45, 7) is 18.1. The molecule has 11 heteroatoms. The second kappa shape index (κ2) is 20.6. The predicted molar refractivity (Wildman–Crippen MR) is 247 cm³/mol. The second-order valence-electron chi connectivity index (χ2n) is 16.7. The van der Waals surface area contributed by atoms with Gasteiger partial charge in [0.05, 0.1) is 16.7 Å². The molecule has 0 amide bonds. The van der Waals surface area contributed by atoms with E-state index in [2.05, 4.69) is 33.8 Å². The molecule has 63 heavy (non-hydrogen) atoms. The van der Waals surface area contributed by atoms with Crippen LogP contribution in [0.3, 0.4) is 0 Å². The van der Waals surface area contributed by atoms with Crippen molar-refractivity contribution in [2.45, 2.75) is 87.0 Å². The average Bonchev–Trinajstić information content (AvgIpc) is 3.23. The summed E-state index contributed by atoms with van der Waals surface area (Å²) in [7, 11) is -4.34. The molecule has 0 radical (unpaired) electrons. The van der Waals surface area contributed by atoms with E-state index in [0.29, 0.717) is 11.1 Å². The van der Waals surface area contributed by atoms with Crippen molar-refractivity contribution in [3.63, 3.8) is 0 Å². The molecule has 2 N–H and O–H groups in total. The zero-order valence-corrected chi connectivity index (χ0v) is 38.2. The fourth-order valence-corrected chi connectivity index (χ4v) is 7.75. The minimum absolute atomic E-state index is 0.159. The Labute approximate surface area is 370 Å². The van der Waals surface area contributed by atoms with Gasteiger partial charge in [-0.1, -0.05) is 123 Å². The van der Waals surface area contributed by atoms with Crippen molar-refractivity contribution in [1.29, 1.82) is 0 Å². The number of aryl methyl sites for hydroxylation is 6. The molecular weight excluding hydrogens is 816 g/mol. The Kier molecular flexibility index (Phi) is 15.5. The lowest BCUT2D eigenvalue weighted by molar-refractivity contribution is -0.163. The lowest BCUT2D eigenvalue weighted by atomic mass is 9.79. The van der Waals surface area contributed by atoms with Gasteiger partial charge in [0.25, 0.3) is 0 Å². The van der Waals surface area contributed by atoms with Crippen molar-refractivity contribution in [1.82, 2.24) is 0 Å². The van der Waals surface area contributed by atoms with Crippen LogP contribution in [-0.2, 0) is 26.0 Å². The molecule has 0 aliphatic rings. The van der Waals surface area contributed by atoms with E-state index in [1.807, 2.05) is 65.0 Å². The van der Waals surface area contributed by atoms with Crippen molar-refractivity contribution in [2.75, 3.05) is 0 Å². The molecule has 6 aromatic rings. The van der Waals surface area contributed by atoms with Gasteiger partial charge in [-0.05, 0) is 151 Å². The Morgan fingerprint density at radius 2 is 1.06 bits per heavy atom. The molecule has 0 saturated heterocycles. The van der Waals surface area contributed by atoms with Gasteiger partial charge in [0.2, 0.25) is 0 Å². The smallest absolute Gasteiger partial charge is 0.478 e. The number of carboxylic acid groups (broad SMARTS) is 2. The number of phosphoric ester groups is 1. The van der Waals surface area contributed by atoms with Crippen molar-refractivity contribution in [2.24, 2.45) is 0 Å². The molecule has 0 fully saturated rings. The lowest BCUT2D eigenvalue weighted by Crippen LogP contribution is -2.13. The summed E-state index contributed by atoms with van der Waals surface area (Å²) in [5.74, 6) is -2.32. The number of carbonyl (C=O) groups excluding carboxylic acids is 1. The van der Waals surface area contributed by atoms with Crippen LogP contribution in [-0.4, -0.2) is 28.1 Å². The Balaban J connectivity index is 0.000000238. The summed E-state index contributed by atoms with van der Waals surface area (Å²) in [6.07, 6.45) is 3.10. The number of unbranched alkanes of at least 4 members (excludes halogenated alkanes) is 1. The third-order valence-electron chi connectivity index (χ3n) is 10.3. The van der Waals surface area contributed by atoms with Crippen LogP contribution in [0.25, 0.3) is 22.3 Å². The van der Waals surface area contributed by atoms with Crippen molar-refractivity contribution in [3.05, 3.63) is 177 Å². The maximum Gasteiger partial charge on any atom is 0.625 e. The molecule has 0 aromatic heterocycles. The summed E-state index contributed by atoms with van der Waals surface area (Å²) in [5.41, 5.74) is 10.2. The van der Waals surface area contributed by atoms with Crippen LogP contribution in [0, 0.1) is 34.6 Å². The van der Waals surface area contributed by atoms with Gasteiger partial charge in [-0.2, -0.15) is 0 Å². The zero-order chi connectivity index (χ0) is 46.1. The fourth-order valence-electron chi connectivity index (χ4n) is 6.73. The predicted octanol–water partition coefficient (Wildman–Crippen LogP) is 13.6. The lowest BCUT2D eigenvalue weighted by Gasteiger charge is -2.25. The van der Waals surface area contributed by atoms with Gasteiger partial charge in [-0.15, -0.1) is 0 Å². The molecule has 328 valence electrons. The minimum Gasteiger partial charge on any atom is -0.478 e. The molecule has 10 nitrogen and oxygen atoms in total. The van der Waals surface area contributed by atoms with Gasteiger partial charge < -0.3 is 19.3 Å². The summed E-state index contributed by atoms with van der Waals surface area (Å²) < 4.78 is 29.2. The highest BCUT2D eigenvalue weighted by Gasteiger charge is 2.35. The minimum atomic E-state index is -4.34. The Hall–Kier alpha value is -6.48. The average molecular weight is 871 g/mol. The highest BCUT2D eigenvalue weighted by atomic mass is 31.2. The highest BCUT2D eigenvalue weighted by Crippen LogP contribution is 2.50. The second-order valence-corrected chi connectivity index (χ2v) is 18.1. The monoisotopic (exact) mass is 870 g/mol. The first-order valence-corrected chi connectivity index (χ1v) is 22.2. The molecule has 0 bridgehead atoms. The van der Waals surface area contributed by atoms with Gasteiger partial charge in [-0.3, -0.25) is 4.89 Å². The fraction of sp³-hybridized carbons (Fsp3) is 0.250. The maximum atomic E-state index is 13.3. The van der Waals surface area contributed by atoms with E-state index in [1.54, 1.807) is 84.9 Å². The van der Waals surface area contributed by atoms with E-state index < -0.39 is 25.7 Å². The third kappa shape index (κ3) is 12.8. The Bertz CT molecular complexity index is 2570. The first-order valence-electron chi connectivity index (χ1n) is 20.7. The van der Waals surface area contributed by atoms with Crippen molar-refractivity contribution < 1.29 is 47.8 Å². The molecule has 6 aromatic carbocycles. The van der Waals surface area contributed by atoms with E-state index in [1.165, 1.54) is 0 Å². The summed E-state index contributed by atoms with van der Waals surface area (Å²) in [6, 6.07) is 35.3. The van der Waals surface area contributed by atoms with Gasteiger partial charge in [0.15, 0.2) is 0 Å². The van der Waals surface area contributed by atoms with Gasteiger partial charge in [0.1, 0.15) is 11.5 Å². The Morgan fingerprint density at radius 1 is 0.587 bits per heavy atom. The summed E-state index contributed by atoms with van der Waals surface area (Å²) >= 11 is 0. The highest BCUT2D eigenvalue weighted by molar-refractivity contribution is 7.49. The topological polar surface area (TPSA) is 146 Å². The standard InChI is InChI=1S/C27H28O4.C25H27O6P/c1-15-7-9-19(25(28)29)21(11-15)23-14-18(27(4,5)6)13-17(3)24(23)22-12-16(2)8-10-20(22)26(30)31;1-4-5-6-21-11-13-22(14-12-21)25(26)28-31-32(27,29-23-15-7-19(2)8-16-23)30-24-17-9-20(3)10-18-24/h7-14H,1-6H3,(H,28,29)(H,30,31);7-18H,4-6H2,1-3H3. The number of benzene rings is 6. The van der Waals surface area contributed by atoms with E-state index in [0.717, 1.165) is 69.3 Å². The molecule has 0 aliphatic carbocycles. The first kappa shape index (κ1) is 47.6. The maximum absolute atomic E-state index is 13.3. The van der Waals surface area contributed by atoms with E-state index in [4.69, 9.17) is 18.6 Å². The van der Waals surface area contributed by atoms with E-state index in [9.17, 15) is 29.2 Å². The SMILES string of the molecule is CCCCc1ccc(C(=O)OOP(=O)(Oc2ccc(C)cc2)Oc2ccc(C)cc2)cc1.Cc1ccc(C(=O)O)c(-c2cc(C(C)(C)C)cc(C)c2-c2cc(C)ccc2C(=O)O)c1. The van der Waals surface area contributed by atoms with Crippen LogP contribution in [0.1, 0.15) is 111 Å². The molecule has 0 atom stereocenters. The van der Waals surface area contributed by atoms with Gasteiger partial charge >= 0.3 is 25.7 Å². The number of carboxylic acids is 2. The quantitative estimate of drug-likeness (QED) is 0.0616.